The monoisotopic (exact) mass is 938 g/mol. The molecule has 7 heteroatoms. The summed E-state index contributed by atoms with van der Waals surface area (Å²) < 4.78 is 36.4. The molecule has 4 aliphatic carbocycles. The molecular formula is C60H107NO6. The molecule has 3 saturated carbocycles. The van der Waals surface area contributed by atoms with Gasteiger partial charge < -0.3 is 33.3 Å². The molecule has 7 nitrogen and oxygen atoms in total. The SMILES string of the molecule is CCCCCC=CCC=CCCCCCCCCOCC(CN1CCCC1)OCCOCCOCCOCCOC1CCC2(C)C(=CCC3C2CCC2(C)C(C(C)CCCC(C)C)CCC32)C1. The van der Waals surface area contributed by atoms with E-state index in [2.05, 4.69) is 76.8 Å². The number of unbranched alkanes of at least 4 members (excludes halogenated alkanes) is 9. The molecule has 5 aliphatic rings. The van der Waals surface area contributed by atoms with E-state index in [9.17, 15) is 0 Å². The quantitative estimate of drug-likeness (QED) is 0.0451. The average Bonchev–Trinajstić information content (AvgIpc) is 3.97. The van der Waals surface area contributed by atoms with E-state index >= 15 is 0 Å². The molecule has 0 aromatic rings. The number of nitrogens with zero attached hydrogens (tertiary/aromatic N) is 1. The Balaban J connectivity index is 0.828. The Morgan fingerprint density at radius 2 is 1.33 bits per heavy atom. The molecule has 1 heterocycles. The van der Waals surface area contributed by atoms with Gasteiger partial charge in [0.15, 0.2) is 0 Å². The van der Waals surface area contributed by atoms with Crippen molar-refractivity contribution in [3.05, 3.63) is 36.0 Å². The predicted octanol–water partition coefficient (Wildman–Crippen LogP) is 14.8. The van der Waals surface area contributed by atoms with Gasteiger partial charge in [0.2, 0.25) is 0 Å². The number of hydrogen-bond donors (Lipinski definition) is 0. The summed E-state index contributed by atoms with van der Waals surface area (Å²) in [4.78, 5) is 2.52. The molecular weight excluding hydrogens is 831 g/mol. The van der Waals surface area contributed by atoms with Crippen molar-refractivity contribution in [1.82, 2.24) is 4.90 Å². The van der Waals surface area contributed by atoms with Crippen LogP contribution in [0.2, 0.25) is 0 Å². The topological polar surface area (TPSA) is 58.6 Å². The van der Waals surface area contributed by atoms with Gasteiger partial charge in [0.05, 0.1) is 71.7 Å². The van der Waals surface area contributed by atoms with Crippen LogP contribution in [0.15, 0.2) is 36.0 Å². The van der Waals surface area contributed by atoms with E-state index < -0.39 is 0 Å². The third kappa shape index (κ3) is 19.8. The second-order valence-corrected chi connectivity index (χ2v) is 23.0. The van der Waals surface area contributed by atoms with Crippen molar-refractivity contribution < 1.29 is 28.4 Å². The number of ether oxygens (including phenoxy) is 6. The largest absolute Gasteiger partial charge is 0.379 e. The molecule has 9 unspecified atom stereocenters. The van der Waals surface area contributed by atoms with Crippen LogP contribution >= 0.6 is 0 Å². The number of fused-ring (bicyclic) bond motifs is 5. The van der Waals surface area contributed by atoms with Gasteiger partial charge in [0.1, 0.15) is 0 Å². The van der Waals surface area contributed by atoms with Gasteiger partial charge in [-0.2, -0.15) is 0 Å². The summed E-state index contributed by atoms with van der Waals surface area (Å²) >= 11 is 0. The normalized spacial score (nSPS) is 28.6. The van der Waals surface area contributed by atoms with Gasteiger partial charge in [-0.15, -0.1) is 0 Å². The molecule has 1 saturated heterocycles. The second-order valence-electron chi connectivity index (χ2n) is 23.0. The highest BCUT2D eigenvalue weighted by Crippen LogP contribution is 2.67. The van der Waals surface area contributed by atoms with Crippen molar-refractivity contribution in [3.8, 4) is 0 Å². The van der Waals surface area contributed by atoms with Crippen molar-refractivity contribution in [2.45, 2.75) is 214 Å². The Morgan fingerprint density at radius 3 is 2.04 bits per heavy atom. The zero-order valence-electron chi connectivity index (χ0n) is 44.8. The fourth-order valence-electron chi connectivity index (χ4n) is 13.7. The van der Waals surface area contributed by atoms with E-state index in [-0.39, 0.29) is 6.10 Å². The minimum atomic E-state index is 0.103. The maximum Gasteiger partial charge on any atom is 0.0936 e. The maximum absolute atomic E-state index is 6.44. The Bertz CT molecular complexity index is 1360. The first-order chi connectivity index (χ1) is 32.7. The number of hydrogen-bond acceptors (Lipinski definition) is 7. The predicted molar refractivity (Wildman–Crippen MR) is 281 cm³/mol. The number of rotatable bonds is 38. The molecule has 9 atom stereocenters. The lowest BCUT2D eigenvalue weighted by molar-refractivity contribution is -0.0696. The number of allylic oxidation sites excluding steroid dienone is 5. The van der Waals surface area contributed by atoms with Gasteiger partial charge >= 0.3 is 0 Å². The molecule has 0 aromatic heterocycles. The van der Waals surface area contributed by atoms with Crippen LogP contribution in [-0.4, -0.2) is 103 Å². The zero-order valence-corrected chi connectivity index (χ0v) is 44.8. The van der Waals surface area contributed by atoms with Crippen molar-refractivity contribution in [2.75, 3.05) is 85.7 Å². The van der Waals surface area contributed by atoms with Crippen LogP contribution in [0, 0.1) is 46.3 Å². The van der Waals surface area contributed by atoms with Crippen LogP contribution in [0.3, 0.4) is 0 Å². The van der Waals surface area contributed by atoms with E-state index in [1.807, 2.05) is 0 Å². The zero-order chi connectivity index (χ0) is 47.4. The summed E-state index contributed by atoms with van der Waals surface area (Å²) in [5.74, 6) is 5.33. The summed E-state index contributed by atoms with van der Waals surface area (Å²) in [5, 5.41) is 0. The molecule has 0 aromatic carbocycles. The fourth-order valence-corrected chi connectivity index (χ4v) is 13.7. The summed E-state index contributed by atoms with van der Waals surface area (Å²) in [6.45, 7) is 24.6. The van der Waals surface area contributed by atoms with E-state index in [1.165, 1.54) is 154 Å². The van der Waals surface area contributed by atoms with Crippen LogP contribution in [0.4, 0.5) is 0 Å². The molecule has 0 spiro atoms. The van der Waals surface area contributed by atoms with Crippen LogP contribution < -0.4 is 0 Å². The van der Waals surface area contributed by atoms with E-state index in [0.717, 1.165) is 67.9 Å². The first-order valence-corrected chi connectivity index (χ1v) is 29.0. The molecule has 0 radical (unpaired) electrons. The van der Waals surface area contributed by atoms with Crippen LogP contribution in [0.25, 0.3) is 0 Å². The Labute approximate surface area is 414 Å². The lowest BCUT2D eigenvalue weighted by Crippen LogP contribution is -2.51. The molecule has 388 valence electrons. The van der Waals surface area contributed by atoms with Crippen LogP contribution in [-0.2, 0) is 28.4 Å². The summed E-state index contributed by atoms with van der Waals surface area (Å²) in [6, 6.07) is 0. The highest BCUT2D eigenvalue weighted by atomic mass is 16.6. The Morgan fingerprint density at radius 1 is 0.657 bits per heavy atom. The lowest BCUT2D eigenvalue weighted by Gasteiger charge is -2.58. The van der Waals surface area contributed by atoms with Crippen molar-refractivity contribution >= 4 is 0 Å². The van der Waals surface area contributed by atoms with E-state index in [1.54, 1.807) is 5.57 Å². The third-order valence-corrected chi connectivity index (χ3v) is 17.6. The molecule has 5 rings (SSSR count). The standard InChI is InChI=1S/C60H107NO6/c1-7-8-9-10-11-12-13-14-15-16-17-18-19-20-21-24-38-65-49-54(48-61-36-22-23-37-61)67-46-44-64-42-40-62-39-41-63-43-45-66-53-32-34-59(5)52(47-53)28-29-55-57-31-30-56(51(4)27-25-26-50(2)3)60(57,6)35-33-58(55)59/h11-12,14-15,28,50-51,53-58H,7-10,13,16-27,29-49H2,1-6H3. The van der Waals surface area contributed by atoms with E-state index in [0.29, 0.717) is 76.4 Å². The molecule has 0 N–H and O–H groups in total. The van der Waals surface area contributed by atoms with Gasteiger partial charge in [0.25, 0.3) is 0 Å². The van der Waals surface area contributed by atoms with Gasteiger partial charge in [-0.25, -0.2) is 0 Å². The number of likely N-dealkylation sites (tertiary alicyclic amines) is 1. The Kier molecular flexibility index (Phi) is 27.8. The lowest BCUT2D eigenvalue weighted by atomic mass is 9.47. The third-order valence-electron chi connectivity index (χ3n) is 17.6. The molecule has 4 fully saturated rings. The van der Waals surface area contributed by atoms with Gasteiger partial charge in [-0.3, -0.25) is 0 Å². The minimum Gasteiger partial charge on any atom is -0.379 e. The molecule has 67 heavy (non-hydrogen) atoms. The minimum absolute atomic E-state index is 0.103. The van der Waals surface area contributed by atoms with Crippen LogP contribution in [0.5, 0.6) is 0 Å². The smallest absolute Gasteiger partial charge is 0.0936 e. The second kappa shape index (κ2) is 32.8. The van der Waals surface area contributed by atoms with Crippen molar-refractivity contribution in [1.29, 1.82) is 0 Å². The summed E-state index contributed by atoms with van der Waals surface area (Å²) in [6.07, 6.45) is 45.3. The molecule has 0 amide bonds. The van der Waals surface area contributed by atoms with Crippen molar-refractivity contribution in [2.24, 2.45) is 46.3 Å². The van der Waals surface area contributed by atoms with E-state index in [4.69, 9.17) is 28.4 Å². The van der Waals surface area contributed by atoms with Gasteiger partial charge in [-0.05, 0) is 162 Å². The van der Waals surface area contributed by atoms with Gasteiger partial charge in [0, 0.05) is 13.2 Å². The molecule has 1 aliphatic heterocycles. The fraction of sp³-hybridized carbons (Fsp3) is 0.900. The Hall–Kier alpha value is -1.06. The highest BCUT2D eigenvalue weighted by Gasteiger charge is 2.59. The first kappa shape index (κ1) is 56.8. The van der Waals surface area contributed by atoms with Crippen LogP contribution in [0.1, 0.15) is 202 Å². The average molecular weight is 939 g/mol. The van der Waals surface area contributed by atoms with Gasteiger partial charge in [-0.1, -0.05) is 135 Å². The summed E-state index contributed by atoms with van der Waals surface area (Å²) in [7, 11) is 0. The summed E-state index contributed by atoms with van der Waals surface area (Å²) in [5.41, 5.74) is 2.66. The highest BCUT2D eigenvalue weighted by molar-refractivity contribution is 5.25. The molecule has 0 bridgehead atoms. The maximum atomic E-state index is 6.44. The first-order valence-electron chi connectivity index (χ1n) is 29.0. The van der Waals surface area contributed by atoms with Crippen molar-refractivity contribution in [3.63, 3.8) is 0 Å².